The maximum atomic E-state index is 7.23. The minimum absolute atomic E-state index is 0.285. The van der Waals surface area contributed by atoms with Crippen molar-refractivity contribution < 1.29 is 4.43 Å². The van der Waals surface area contributed by atoms with Crippen LogP contribution in [-0.2, 0) is 4.43 Å². The monoisotopic (exact) mass is 376 g/mol. The van der Waals surface area contributed by atoms with Crippen LogP contribution in [0.25, 0.3) is 0 Å². The summed E-state index contributed by atoms with van der Waals surface area (Å²) in [7, 11) is -1.85. The quantitative estimate of drug-likeness (QED) is 0.338. The largest absolute Gasteiger partial charge is 0.409 e. The third kappa shape index (κ3) is 3.65. The molecule has 0 bridgehead atoms. The molecule has 0 radical (unpaired) electrons. The predicted octanol–water partition coefficient (Wildman–Crippen LogP) is 7.90. The minimum Gasteiger partial charge on any atom is -0.409 e. The highest BCUT2D eigenvalue weighted by Gasteiger charge is 2.49. The van der Waals surface area contributed by atoms with E-state index in [2.05, 4.69) is 81.4 Å². The number of fused-ring (bicyclic) bond motifs is 1. The van der Waals surface area contributed by atoms with Gasteiger partial charge < -0.3 is 4.43 Å². The first-order valence-electron chi connectivity index (χ1n) is 11.0. The van der Waals surface area contributed by atoms with Gasteiger partial charge in [-0.2, -0.15) is 0 Å². The van der Waals surface area contributed by atoms with E-state index in [9.17, 15) is 0 Å². The van der Waals surface area contributed by atoms with Crippen LogP contribution in [0.15, 0.2) is 23.3 Å². The lowest BCUT2D eigenvalue weighted by molar-refractivity contribution is 0.177. The molecule has 0 aromatic heterocycles. The van der Waals surface area contributed by atoms with Crippen LogP contribution < -0.4 is 0 Å². The average Bonchev–Trinajstić information content (AvgIpc) is 2.79. The molecule has 1 nitrogen and oxygen atoms in total. The van der Waals surface area contributed by atoms with Crippen molar-refractivity contribution in [1.29, 1.82) is 0 Å². The summed E-state index contributed by atoms with van der Waals surface area (Å²) in [5, 5.41) is 0. The molecule has 0 spiro atoms. The first kappa shape index (κ1) is 22.0. The molecule has 2 aliphatic carbocycles. The van der Waals surface area contributed by atoms with E-state index in [4.69, 9.17) is 4.43 Å². The highest BCUT2D eigenvalue weighted by Crippen LogP contribution is 2.54. The van der Waals surface area contributed by atoms with Gasteiger partial charge in [0.2, 0.25) is 8.32 Å². The molecular formula is C24H44OSi. The Morgan fingerprint density at radius 3 is 1.96 bits per heavy atom. The zero-order valence-electron chi connectivity index (χ0n) is 19.1. The van der Waals surface area contributed by atoms with Gasteiger partial charge in [-0.05, 0) is 65.6 Å². The Morgan fingerprint density at radius 2 is 1.50 bits per heavy atom. The molecule has 0 heterocycles. The first-order chi connectivity index (χ1) is 12.0. The van der Waals surface area contributed by atoms with Crippen molar-refractivity contribution in [3.05, 3.63) is 23.3 Å². The normalized spacial score (nSPS) is 30.1. The molecule has 0 aromatic carbocycles. The lowest BCUT2D eigenvalue weighted by atomic mass is 9.68. The second-order valence-corrected chi connectivity index (χ2v) is 15.9. The van der Waals surface area contributed by atoms with Gasteiger partial charge in [0.05, 0.1) is 6.10 Å². The summed E-state index contributed by atoms with van der Waals surface area (Å²) in [6.07, 6.45) is 8.93. The van der Waals surface area contributed by atoms with E-state index in [0.29, 0.717) is 22.0 Å². The van der Waals surface area contributed by atoms with Crippen molar-refractivity contribution in [2.45, 2.75) is 111 Å². The molecule has 0 amide bonds. The third-order valence-electron chi connectivity index (χ3n) is 7.79. The van der Waals surface area contributed by atoms with E-state index >= 15 is 0 Å². The third-order valence-corrected chi connectivity index (χ3v) is 13.9. The van der Waals surface area contributed by atoms with E-state index in [1.807, 2.05) is 0 Å². The van der Waals surface area contributed by atoms with E-state index in [0.717, 1.165) is 18.3 Å². The standard InChI is InChI=1S/C24H44OSi/c1-16(2)22-12-11-21-15-23(20(9)13-14-24(21,22)10)25-26(17(3)4,18(5)6)19(7)8/h11,13,16-19,22-23H,12,14-15H2,1-10H3/t22-,23+,24+/m0/s1. The van der Waals surface area contributed by atoms with E-state index in [1.54, 1.807) is 5.57 Å². The molecule has 150 valence electrons. The van der Waals surface area contributed by atoms with Gasteiger partial charge in [0.25, 0.3) is 0 Å². The second kappa shape index (κ2) is 7.95. The Labute approximate surface area is 164 Å². The van der Waals surface area contributed by atoms with Crippen LogP contribution >= 0.6 is 0 Å². The van der Waals surface area contributed by atoms with Gasteiger partial charge >= 0.3 is 0 Å². The summed E-state index contributed by atoms with van der Waals surface area (Å²) in [6.45, 7) is 24.0. The van der Waals surface area contributed by atoms with Gasteiger partial charge in [-0.1, -0.05) is 80.0 Å². The van der Waals surface area contributed by atoms with Crippen LogP contribution in [0.1, 0.15) is 88.5 Å². The smallest absolute Gasteiger partial charge is 0.201 e. The fourth-order valence-corrected chi connectivity index (χ4v) is 11.8. The van der Waals surface area contributed by atoms with Crippen molar-refractivity contribution in [1.82, 2.24) is 0 Å². The zero-order chi connectivity index (χ0) is 19.9. The zero-order valence-corrected chi connectivity index (χ0v) is 20.1. The highest BCUT2D eigenvalue weighted by atomic mass is 28.4. The maximum Gasteiger partial charge on any atom is 0.201 e. The summed E-state index contributed by atoms with van der Waals surface area (Å²) in [5.41, 5.74) is 5.42. The highest BCUT2D eigenvalue weighted by molar-refractivity contribution is 6.77. The number of allylic oxidation sites excluding steroid dienone is 2. The Balaban J connectivity index is 2.34. The topological polar surface area (TPSA) is 9.23 Å². The lowest BCUT2D eigenvalue weighted by Gasteiger charge is -2.45. The summed E-state index contributed by atoms with van der Waals surface area (Å²) in [4.78, 5) is 0. The molecular weight excluding hydrogens is 332 g/mol. The maximum absolute atomic E-state index is 7.23. The Morgan fingerprint density at radius 1 is 0.962 bits per heavy atom. The van der Waals surface area contributed by atoms with E-state index in [-0.39, 0.29) is 6.10 Å². The van der Waals surface area contributed by atoms with E-state index in [1.165, 1.54) is 18.4 Å². The number of hydrogen-bond donors (Lipinski definition) is 0. The van der Waals surface area contributed by atoms with Crippen LogP contribution in [0, 0.1) is 17.3 Å². The molecule has 0 saturated heterocycles. The van der Waals surface area contributed by atoms with Gasteiger partial charge in [0.1, 0.15) is 0 Å². The van der Waals surface area contributed by atoms with Gasteiger partial charge in [0.15, 0.2) is 0 Å². The van der Waals surface area contributed by atoms with Crippen LogP contribution in [-0.4, -0.2) is 14.4 Å². The molecule has 3 atom stereocenters. The van der Waals surface area contributed by atoms with E-state index < -0.39 is 8.32 Å². The second-order valence-electron chi connectivity index (χ2n) is 10.5. The lowest BCUT2D eigenvalue weighted by Crippen LogP contribution is -2.50. The van der Waals surface area contributed by atoms with Crippen molar-refractivity contribution in [2.75, 3.05) is 0 Å². The molecule has 0 N–H and O–H groups in total. The van der Waals surface area contributed by atoms with Gasteiger partial charge in [0, 0.05) is 0 Å². The summed E-state index contributed by atoms with van der Waals surface area (Å²) < 4.78 is 7.23. The molecule has 2 heteroatoms. The molecule has 26 heavy (non-hydrogen) atoms. The fraction of sp³-hybridized carbons (Fsp3) is 0.833. The SMILES string of the molecule is CC1=CC[C@]2(C)C(=CC[C@H]2C(C)C)C[C@H]1O[Si](C(C)C)(C(C)C)C(C)C. The first-order valence-corrected chi connectivity index (χ1v) is 13.1. The van der Waals surface area contributed by atoms with Gasteiger partial charge in [-0.3, -0.25) is 0 Å². The number of hydrogen-bond acceptors (Lipinski definition) is 1. The Kier molecular flexibility index (Phi) is 6.71. The Hall–Kier alpha value is -0.343. The fourth-order valence-electron chi connectivity index (χ4n) is 6.26. The molecule has 0 aliphatic heterocycles. The molecule has 2 rings (SSSR count). The molecule has 0 fully saturated rings. The van der Waals surface area contributed by atoms with Crippen LogP contribution in [0.4, 0.5) is 0 Å². The average molecular weight is 377 g/mol. The Bertz CT molecular complexity index is 533. The summed E-state index contributed by atoms with van der Waals surface area (Å²) >= 11 is 0. The minimum atomic E-state index is -1.85. The van der Waals surface area contributed by atoms with Crippen molar-refractivity contribution in [2.24, 2.45) is 17.3 Å². The molecule has 0 saturated carbocycles. The number of rotatable bonds is 6. The van der Waals surface area contributed by atoms with Gasteiger partial charge in [-0.15, -0.1) is 0 Å². The van der Waals surface area contributed by atoms with Crippen LogP contribution in [0.3, 0.4) is 0 Å². The van der Waals surface area contributed by atoms with Crippen LogP contribution in [0.5, 0.6) is 0 Å². The van der Waals surface area contributed by atoms with Crippen LogP contribution in [0.2, 0.25) is 16.6 Å². The summed E-state index contributed by atoms with van der Waals surface area (Å²) in [5.74, 6) is 1.53. The molecule has 0 unspecified atom stereocenters. The summed E-state index contributed by atoms with van der Waals surface area (Å²) in [6, 6.07) is 0. The van der Waals surface area contributed by atoms with Crippen molar-refractivity contribution >= 4 is 8.32 Å². The van der Waals surface area contributed by atoms with Crippen molar-refractivity contribution in [3.8, 4) is 0 Å². The molecule has 2 aliphatic rings. The van der Waals surface area contributed by atoms with Crippen molar-refractivity contribution in [3.63, 3.8) is 0 Å². The predicted molar refractivity (Wildman–Crippen MR) is 118 cm³/mol. The molecule has 0 aromatic rings. The van der Waals surface area contributed by atoms with Gasteiger partial charge in [-0.25, -0.2) is 0 Å².